The van der Waals surface area contributed by atoms with Gasteiger partial charge in [0, 0.05) is 33.5 Å². The highest BCUT2D eigenvalue weighted by Crippen LogP contribution is 2.64. The first kappa shape index (κ1) is 32.6. The summed E-state index contributed by atoms with van der Waals surface area (Å²) in [5.74, 6) is 0. The van der Waals surface area contributed by atoms with Crippen LogP contribution in [0.5, 0.6) is 0 Å². The summed E-state index contributed by atoms with van der Waals surface area (Å²) < 4.78 is 2.43. The maximum absolute atomic E-state index is 2.52. The molecule has 0 bridgehead atoms. The van der Waals surface area contributed by atoms with Gasteiger partial charge >= 0.3 is 0 Å². The van der Waals surface area contributed by atoms with E-state index in [9.17, 15) is 0 Å². The zero-order chi connectivity index (χ0) is 38.7. The third-order valence-corrected chi connectivity index (χ3v) is 13.3. The van der Waals surface area contributed by atoms with E-state index >= 15 is 0 Å². The zero-order valence-corrected chi connectivity index (χ0v) is 32.4. The topological polar surface area (TPSA) is 8.17 Å². The van der Waals surface area contributed by atoms with E-state index < -0.39 is 5.41 Å². The number of allylic oxidation sites excluding steroid dienone is 4. The number of aromatic nitrogens is 1. The van der Waals surface area contributed by atoms with Gasteiger partial charge in [0.25, 0.3) is 0 Å². The Balaban J connectivity index is 1.05. The van der Waals surface area contributed by atoms with Crippen molar-refractivity contribution in [3.05, 3.63) is 229 Å². The lowest BCUT2D eigenvalue weighted by atomic mass is 9.69. The molecular weight excluding hydrogens is 713 g/mol. The van der Waals surface area contributed by atoms with Crippen LogP contribution in [-0.2, 0) is 5.41 Å². The van der Waals surface area contributed by atoms with Gasteiger partial charge in [-0.05, 0) is 146 Å². The predicted octanol–water partition coefficient (Wildman–Crippen LogP) is 15.1. The summed E-state index contributed by atoms with van der Waals surface area (Å²) in [5.41, 5.74) is 17.5. The molecule has 0 radical (unpaired) electrons. The van der Waals surface area contributed by atoms with E-state index in [1.165, 1.54) is 93.6 Å². The second-order valence-electron chi connectivity index (χ2n) is 16.3. The van der Waals surface area contributed by atoms with Gasteiger partial charge in [0.15, 0.2) is 0 Å². The van der Waals surface area contributed by atoms with E-state index in [1.54, 1.807) is 0 Å². The van der Waals surface area contributed by atoms with Gasteiger partial charge in [0.05, 0.1) is 16.4 Å². The Morgan fingerprint density at radius 3 is 1.90 bits per heavy atom. The molecule has 0 unspecified atom stereocenters. The molecule has 3 aliphatic carbocycles. The van der Waals surface area contributed by atoms with Crippen LogP contribution in [-0.4, -0.2) is 4.57 Å². The molecule has 0 amide bonds. The van der Waals surface area contributed by atoms with Crippen molar-refractivity contribution in [2.75, 3.05) is 4.90 Å². The molecule has 13 rings (SSSR count). The van der Waals surface area contributed by atoms with Crippen molar-refractivity contribution < 1.29 is 0 Å². The SMILES string of the molecule is C1=CC(n2c3ccccc3c3cc(N(c4ccccc4)c4ccc5cc6c(cc5c4)C4(c5ccccc5-c5ccccc54)c4c-6ccc5ccccc45)ccc32)=CCC1. The lowest BCUT2D eigenvalue weighted by Crippen LogP contribution is -2.26. The van der Waals surface area contributed by atoms with Crippen molar-refractivity contribution in [3.63, 3.8) is 0 Å². The first-order valence-electron chi connectivity index (χ1n) is 20.8. The van der Waals surface area contributed by atoms with Gasteiger partial charge in [0.1, 0.15) is 0 Å². The number of fused-ring (bicyclic) bond motifs is 16. The molecule has 1 heterocycles. The average molecular weight is 751 g/mol. The van der Waals surface area contributed by atoms with Crippen LogP contribution in [0.2, 0.25) is 0 Å². The smallest absolute Gasteiger partial charge is 0.0731 e. The van der Waals surface area contributed by atoms with Crippen molar-refractivity contribution in [2.24, 2.45) is 0 Å². The zero-order valence-electron chi connectivity index (χ0n) is 32.4. The minimum absolute atomic E-state index is 0.440. The van der Waals surface area contributed by atoms with Gasteiger partial charge in [-0.3, -0.25) is 0 Å². The summed E-state index contributed by atoms with van der Waals surface area (Å²) >= 11 is 0. The standard InChI is InChI=1S/C57H38N2/c1-3-16-40(17-4-1)58(43-30-32-55-50(36-43)47-23-11-14-26-54(47)59(55)41-18-5-2-6-19-41)42-29-27-38-34-49-48-31-28-37-15-7-8-20-44(37)56(48)57(53(49)35-39(38)33-42)51-24-12-9-21-45(51)46-22-10-13-25-52(46)57/h1,3-5,7-36H,2,6H2. The minimum atomic E-state index is -0.440. The highest BCUT2D eigenvalue weighted by Gasteiger charge is 2.52. The number of rotatable bonds is 4. The van der Waals surface area contributed by atoms with Crippen molar-refractivity contribution in [1.29, 1.82) is 0 Å². The number of para-hydroxylation sites is 2. The monoisotopic (exact) mass is 750 g/mol. The van der Waals surface area contributed by atoms with Gasteiger partial charge in [-0.1, -0.05) is 140 Å². The molecule has 0 fully saturated rings. The average Bonchev–Trinajstić information content (AvgIpc) is 3.90. The van der Waals surface area contributed by atoms with Crippen LogP contribution in [0, 0.1) is 0 Å². The fourth-order valence-electron chi connectivity index (χ4n) is 11.0. The fraction of sp³-hybridized carbons (Fsp3) is 0.0526. The summed E-state index contributed by atoms with van der Waals surface area (Å²) in [6.45, 7) is 0. The first-order chi connectivity index (χ1) is 29.3. The molecule has 0 atom stereocenters. The molecule has 59 heavy (non-hydrogen) atoms. The second-order valence-corrected chi connectivity index (χ2v) is 16.3. The molecule has 276 valence electrons. The first-order valence-corrected chi connectivity index (χ1v) is 20.8. The molecule has 10 aromatic rings. The van der Waals surface area contributed by atoms with Crippen LogP contribution >= 0.6 is 0 Å². The van der Waals surface area contributed by atoms with Crippen molar-refractivity contribution >= 4 is 66.1 Å². The molecule has 0 N–H and O–H groups in total. The molecular formula is C57H38N2. The lowest BCUT2D eigenvalue weighted by Gasteiger charge is -2.31. The molecule has 3 aliphatic rings. The number of benzene rings is 9. The number of hydrogen-bond acceptors (Lipinski definition) is 1. The molecule has 2 nitrogen and oxygen atoms in total. The van der Waals surface area contributed by atoms with Gasteiger partial charge in [0.2, 0.25) is 0 Å². The molecule has 1 spiro atoms. The van der Waals surface area contributed by atoms with Gasteiger partial charge < -0.3 is 9.47 Å². The summed E-state index contributed by atoms with van der Waals surface area (Å²) in [7, 11) is 0. The maximum Gasteiger partial charge on any atom is 0.0731 e. The molecule has 0 saturated heterocycles. The molecule has 2 heteroatoms. The Bertz CT molecular complexity index is 3410. The number of anilines is 3. The van der Waals surface area contributed by atoms with E-state index in [0.717, 1.165) is 29.9 Å². The summed E-state index contributed by atoms with van der Waals surface area (Å²) in [4.78, 5) is 2.43. The van der Waals surface area contributed by atoms with Crippen LogP contribution in [0.15, 0.2) is 206 Å². The van der Waals surface area contributed by atoms with E-state index in [0.29, 0.717) is 0 Å². The van der Waals surface area contributed by atoms with E-state index in [2.05, 4.69) is 216 Å². The Labute approximate surface area is 343 Å². The van der Waals surface area contributed by atoms with E-state index in [-0.39, 0.29) is 0 Å². The van der Waals surface area contributed by atoms with Crippen LogP contribution in [0.4, 0.5) is 17.1 Å². The largest absolute Gasteiger partial charge is 0.310 e. The Morgan fingerprint density at radius 1 is 0.407 bits per heavy atom. The van der Waals surface area contributed by atoms with Crippen molar-refractivity contribution in [2.45, 2.75) is 18.3 Å². The summed E-state index contributed by atoms with van der Waals surface area (Å²) in [6, 6.07) is 70.6. The van der Waals surface area contributed by atoms with Crippen LogP contribution < -0.4 is 4.90 Å². The number of nitrogens with zero attached hydrogens (tertiary/aromatic N) is 2. The minimum Gasteiger partial charge on any atom is -0.310 e. The second kappa shape index (κ2) is 12.3. The Hall–Kier alpha value is -7.42. The molecule has 9 aromatic carbocycles. The third-order valence-electron chi connectivity index (χ3n) is 13.3. The van der Waals surface area contributed by atoms with Gasteiger partial charge in [-0.25, -0.2) is 0 Å². The van der Waals surface area contributed by atoms with Crippen molar-refractivity contribution in [1.82, 2.24) is 4.57 Å². The quantitative estimate of drug-likeness (QED) is 0.174. The molecule has 0 aliphatic heterocycles. The molecule has 1 aromatic heterocycles. The van der Waals surface area contributed by atoms with E-state index in [4.69, 9.17) is 0 Å². The van der Waals surface area contributed by atoms with E-state index in [1.807, 2.05) is 0 Å². The number of hydrogen-bond donors (Lipinski definition) is 0. The van der Waals surface area contributed by atoms with Crippen LogP contribution in [0.3, 0.4) is 0 Å². The Kier molecular flexibility index (Phi) is 6.80. The van der Waals surface area contributed by atoms with Gasteiger partial charge in [-0.15, -0.1) is 0 Å². The van der Waals surface area contributed by atoms with Gasteiger partial charge in [-0.2, -0.15) is 0 Å². The normalized spacial score (nSPS) is 14.5. The molecule has 0 saturated carbocycles. The fourth-order valence-corrected chi connectivity index (χ4v) is 11.0. The third kappa shape index (κ3) is 4.46. The predicted molar refractivity (Wildman–Crippen MR) is 248 cm³/mol. The maximum atomic E-state index is 2.52. The highest BCUT2D eigenvalue weighted by atomic mass is 15.1. The summed E-state index contributed by atoms with van der Waals surface area (Å²) in [5, 5.41) is 7.58. The highest BCUT2D eigenvalue weighted by molar-refractivity contribution is 6.12. The Morgan fingerprint density at radius 2 is 1.08 bits per heavy atom. The van der Waals surface area contributed by atoms with Crippen molar-refractivity contribution in [3.8, 4) is 22.3 Å². The van der Waals surface area contributed by atoms with Crippen LogP contribution in [0.25, 0.3) is 71.3 Å². The lowest BCUT2D eigenvalue weighted by molar-refractivity contribution is 0.802. The summed E-state index contributed by atoms with van der Waals surface area (Å²) in [6.07, 6.45) is 9.10. The van der Waals surface area contributed by atoms with Crippen LogP contribution in [0.1, 0.15) is 35.1 Å².